The van der Waals surface area contributed by atoms with Crippen molar-refractivity contribution in [3.63, 3.8) is 0 Å². The van der Waals surface area contributed by atoms with E-state index in [9.17, 15) is 4.79 Å². The summed E-state index contributed by atoms with van der Waals surface area (Å²) in [6, 6.07) is 0. The Morgan fingerprint density at radius 1 is 1.15 bits per heavy atom. The molecule has 6 nitrogen and oxygen atoms in total. The molecule has 4 heterocycles. The molecule has 0 saturated carbocycles. The lowest BCUT2D eigenvalue weighted by Crippen LogP contribution is -2.43. The SMILES string of the molecule is Cc1nc(CN2CCC3(CC2)CC(CN2CCOCC2)OC3=O)sc1C. The van der Waals surface area contributed by atoms with Crippen LogP contribution in [0.4, 0.5) is 0 Å². The van der Waals surface area contributed by atoms with Crippen molar-refractivity contribution in [2.45, 2.75) is 45.8 Å². The normalized spacial score (nSPS) is 27.2. The first-order valence-corrected chi connectivity index (χ1v) is 10.5. The molecule has 0 N–H and O–H groups in total. The van der Waals surface area contributed by atoms with E-state index in [4.69, 9.17) is 9.47 Å². The molecule has 0 aliphatic carbocycles. The van der Waals surface area contributed by atoms with E-state index >= 15 is 0 Å². The molecule has 1 aromatic rings. The number of aryl methyl sites for hydroxylation is 2. The zero-order chi connectivity index (χ0) is 18.1. The Morgan fingerprint density at radius 3 is 2.54 bits per heavy atom. The van der Waals surface area contributed by atoms with Gasteiger partial charge in [-0.2, -0.15) is 0 Å². The summed E-state index contributed by atoms with van der Waals surface area (Å²) in [5.41, 5.74) is 0.895. The molecule has 4 rings (SSSR count). The molecule has 0 amide bonds. The highest BCUT2D eigenvalue weighted by Crippen LogP contribution is 2.43. The van der Waals surface area contributed by atoms with Gasteiger partial charge in [0.15, 0.2) is 0 Å². The summed E-state index contributed by atoms with van der Waals surface area (Å²) in [4.78, 5) is 23.4. The maximum absolute atomic E-state index is 12.6. The number of cyclic esters (lactones) is 1. The second-order valence-corrected chi connectivity index (χ2v) is 9.24. The number of thiazole rings is 1. The number of carbonyl (C=O) groups is 1. The summed E-state index contributed by atoms with van der Waals surface area (Å²) < 4.78 is 11.2. The summed E-state index contributed by atoms with van der Waals surface area (Å²) in [6.45, 7) is 11.3. The maximum Gasteiger partial charge on any atom is 0.312 e. The van der Waals surface area contributed by atoms with Crippen molar-refractivity contribution in [1.82, 2.24) is 14.8 Å². The molecule has 1 atom stereocenters. The van der Waals surface area contributed by atoms with Gasteiger partial charge >= 0.3 is 5.97 Å². The second-order valence-electron chi connectivity index (χ2n) is 7.95. The minimum absolute atomic E-state index is 0.0383. The Morgan fingerprint density at radius 2 is 1.88 bits per heavy atom. The molecule has 144 valence electrons. The van der Waals surface area contributed by atoms with Crippen LogP contribution in [0, 0.1) is 19.3 Å². The molecule has 3 aliphatic heterocycles. The molecule has 26 heavy (non-hydrogen) atoms. The average molecular weight is 380 g/mol. The zero-order valence-corrected chi connectivity index (χ0v) is 16.6. The quantitative estimate of drug-likeness (QED) is 0.746. The van der Waals surface area contributed by atoms with Crippen molar-refractivity contribution in [2.75, 3.05) is 45.9 Å². The van der Waals surface area contributed by atoms with Gasteiger partial charge in [0.25, 0.3) is 0 Å². The second kappa shape index (κ2) is 7.54. The predicted molar refractivity (Wildman–Crippen MR) is 100 cm³/mol. The number of likely N-dealkylation sites (tertiary alicyclic amines) is 1. The lowest BCUT2D eigenvalue weighted by molar-refractivity contribution is -0.151. The fourth-order valence-corrected chi connectivity index (χ4v) is 5.33. The van der Waals surface area contributed by atoms with Crippen LogP contribution in [0.1, 0.15) is 34.8 Å². The van der Waals surface area contributed by atoms with Crippen molar-refractivity contribution in [1.29, 1.82) is 0 Å². The van der Waals surface area contributed by atoms with Gasteiger partial charge in [0, 0.05) is 30.9 Å². The number of hydrogen-bond acceptors (Lipinski definition) is 7. The van der Waals surface area contributed by atoms with E-state index in [1.807, 2.05) is 0 Å². The van der Waals surface area contributed by atoms with Crippen molar-refractivity contribution in [3.8, 4) is 0 Å². The Labute approximate surface area is 159 Å². The van der Waals surface area contributed by atoms with Crippen molar-refractivity contribution in [3.05, 3.63) is 15.6 Å². The fourth-order valence-electron chi connectivity index (χ4n) is 4.36. The van der Waals surface area contributed by atoms with Gasteiger partial charge in [-0.3, -0.25) is 14.6 Å². The molecule has 1 aromatic heterocycles. The summed E-state index contributed by atoms with van der Waals surface area (Å²) in [5.74, 6) is 0.0383. The lowest BCUT2D eigenvalue weighted by Gasteiger charge is -2.36. The molecule has 1 spiro atoms. The molecular weight excluding hydrogens is 350 g/mol. The fraction of sp³-hybridized carbons (Fsp3) is 0.789. The van der Waals surface area contributed by atoms with Gasteiger partial charge in [-0.1, -0.05) is 0 Å². The third kappa shape index (κ3) is 3.81. The van der Waals surface area contributed by atoms with Crippen molar-refractivity contribution < 1.29 is 14.3 Å². The standard InChI is InChI=1S/C19H29N3O3S/c1-14-15(2)26-17(20-14)13-21-5-3-19(4-6-21)11-16(25-18(19)23)12-22-7-9-24-10-8-22/h16H,3-13H2,1-2H3. The van der Waals surface area contributed by atoms with Crippen LogP contribution in [0.2, 0.25) is 0 Å². The molecule has 3 aliphatic rings. The molecule has 1 unspecified atom stereocenters. The minimum Gasteiger partial charge on any atom is -0.461 e. The summed E-state index contributed by atoms with van der Waals surface area (Å²) >= 11 is 1.79. The number of hydrogen-bond donors (Lipinski definition) is 0. The Kier molecular flexibility index (Phi) is 5.32. The van der Waals surface area contributed by atoms with Gasteiger partial charge in [-0.15, -0.1) is 11.3 Å². The van der Waals surface area contributed by atoms with Gasteiger partial charge in [0.1, 0.15) is 11.1 Å². The van der Waals surface area contributed by atoms with E-state index in [2.05, 4.69) is 28.6 Å². The van der Waals surface area contributed by atoms with E-state index in [-0.39, 0.29) is 17.5 Å². The first kappa shape index (κ1) is 18.3. The number of nitrogens with zero attached hydrogens (tertiary/aromatic N) is 3. The largest absolute Gasteiger partial charge is 0.461 e. The zero-order valence-electron chi connectivity index (χ0n) is 15.8. The van der Waals surface area contributed by atoms with Crippen LogP contribution in [0.3, 0.4) is 0 Å². The van der Waals surface area contributed by atoms with E-state index in [0.717, 1.165) is 77.4 Å². The van der Waals surface area contributed by atoms with Crippen molar-refractivity contribution >= 4 is 17.3 Å². The number of rotatable bonds is 4. The number of esters is 1. The van der Waals surface area contributed by atoms with Crippen LogP contribution in [-0.2, 0) is 20.8 Å². The summed E-state index contributed by atoms with van der Waals surface area (Å²) in [7, 11) is 0. The number of morpholine rings is 1. The maximum atomic E-state index is 12.6. The van der Waals surface area contributed by atoms with Crippen LogP contribution in [-0.4, -0.2) is 72.8 Å². The van der Waals surface area contributed by atoms with Gasteiger partial charge < -0.3 is 9.47 Å². The lowest BCUT2D eigenvalue weighted by atomic mass is 9.76. The molecule has 0 radical (unpaired) electrons. The van der Waals surface area contributed by atoms with Crippen LogP contribution < -0.4 is 0 Å². The Bertz CT molecular complexity index is 629. The highest BCUT2D eigenvalue weighted by atomic mass is 32.1. The van der Waals surface area contributed by atoms with Gasteiger partial charge in [0.2, 0.25) is 0 Å². The third-order valence-electron chi connectivity index (χ3n) is 6.14. The van der Waals surface area contributed by atoms with E-state index in [1.165, 1.54) is 9.88 Å². The van der Waals surface area contributed by atoms with Crippen LogP contribution >= 0.6 is 11.3 Å². The van der Waals surface area contributed by atoms with E-state index in [0.29, 0.717) is 0 Å². The third-order valence-corrected chi connectivity index (χ3v) is 7.19. The van der Waals surface area contributed by atoms with Crippen LogP contribution in [0.25, 0.3) is 0 Å². The number of carbonyl (C=O) groups excluding carboxylic acids is 1. The molecule has 3 saturated heterocycles. The topological polar surface area (TPSA) is 54.9 Å². The number of aromatic nitrogens is 1. The smallest absolute Gasteiger partial charge is 0.312 e. The van der Waals surface area contributed by atoms with Gasteiger partial charge in [-0.25, -0.2) is 4.98 Å². The Hall–Kier alpha value is -1.02. The van der Waals surface area contributed by atoms with E-state index in [1.54, 1.807) is 11.3 Å². The number of ether oxygens (including phenoxy) is 2. The average Bonchev–Trinajstić information content (AvgIpc) is 3.10. The molecule has 0 bridgehead atoms. The van der Waals surface area contributed by atoms with Crippen LogP contribution in [0.5, 0.6) is 0 Å². The molecular formula is C19H29N3O3S. The molecule has 7 heteroatoms. The van der Waals surface area contributed by atoms with E-state index < -0.39 is 0 Å². The highest BCUT2D eigenvalue weighted by molar-refractivity contribution is 7.11. The monoisotopic (exact) mass is 379 g/mol. The van der Waals surface area contributed by atoms with Crippen molar-refractivity contribution in [2.24, 2.45) is 5.41 Å². The van der Waals surface area contributed by atoms with Crippen LogP contribution in [0.15, 0.2) is 0 Å². The highest BCUT2D eigenvalue weighted by Gasteiger charge is 2.50. The van der Waals surface area contributed by atoms with Gasteiger partial charge in [0.05, 0.1) is 30.9 Å². The summed E-state index contributed by atoms with van der Waals surface area (Å²) in [5, 5.41) is 1.19. The minimum atomic E-state index is -0.248. The first-order valence-electron chi connectivity index (χ1n) is 9.70. The Balaban J connectivity index is 1.30. The number of piperidine rings is 1. The summed E-state index contributed by atoms with van der Waals surface area (Å²) in [6.07, 6.45) is 2.76. The predicted octanol–water partition coefficient (Wildman–Crippen LogP) is 1.99. The van der Waals surface area contributed by atoms with Gasteiger partial charge in [-0.05, 0) is 39.8 Å². The first-order chi connectivity index (χ1) is 12.5. The molecule has 3 fully saturated rings. The molecule has 0 aromatic carbocycles.